The number of rotatable bonds is 6. The van der Waals surface area contributed by atoms with Gasteiger partial charge in [-0.2, -0.15) is 0 Å². The molecule has 4 amide bonds. The number of hydrogen-bond donors (Lipinski definition) is 3. The van der Waals surface area contributed by atoms with E-state index in [1.807, 2.05) is 103 Å². The van der Waals surface area contributed by atoms with Crippen LogP contribution in [0.15, 0.2) is 114 Å². The summed E-state index contributed by atoms with van der Waals surface area (Å²) in [6, 6.07) is 32.6. The number of urea groups is 1. The van der Waals surface area contributed by atoms with E-state index in [2.05, 4.69) is 16.0 Å². The molecule has 1 aliphatic heterocycles. The first-order valence-corrected chi connectivity index (χ1v) is 12.9. The summed E-state index contributed by atoms with van der Waals surface area (Å²) in [5, 5.41) is 8.21. The summed E-state index contributed by atoms with van der Waals surface area (Å²) in [6.45, 7) is 1.56. The lowest BCUT2D eigenvalue weighted by atomic mass is 10.0. The zero-order valence-electron chi connectivity index (χ0n) is 22.2. The fourth-order valence-corrected chi connectivity index (χ4v) is 4.58. The lowest BCUT2D eigenvalue weighted by Crippen LogP contribution is -2.52. The first kappa shape index (κ1) is 26.4. The normalized spacial score (nSPS) is 15.2. The van der Waals surface area contributed by atoms with E-state index in [0.717, 1.165) is 22.3 Å². The average Bonchev–Trinajstić information content (AvgIpc) is 3.09. The molecule has 1 heterocycles. The number of anilines is 2. The van der Waals surface area contributed by atoms with E-state index in [0.29, 0.717) is 17.1 Å². The van der Waals surface area contributed by atoms with Crippen LogP contribution < -0.4 is 20.9 Å². The number of amides is 4. The van der Waals surface area contributed by atoms with Gasteiger partial charge in [0.05, 0.1) is 17.1 Å². The van der Waals surface area contributed by atoms with E-state index < -0.39 is 24.1 Å². The molecule has 0 aromatic heterocycles. The molecule has 2 atom stereocenters. The lowest BCUT2D eigenvalue weighted by molar-refractivity contribution is -0.128. The molecule has 0 radical (unpaired) electrons. The Bertz CT molecular complexity index is 1570. The van der Waals surface area contributed by atoms with Crippen molar-refractivity contribution >= 4 is 34.9 Å². The van der Waals surface area contributed by atoms with Crippen molar-refractivity contribution in [3.63, 3.8) is 0 Å². The van der Waals surface area contributed by atoms with Crippen LogP contribution in [0.2, 0.25) is 0 Å². The number of benzene rings is 4. The molecule has 4 aromatic carbocycles. The van der Waals surface area contributed by atoms with Crippen molar-refractivity contribution in [2.45, 2.75) is 19.1 Å². The standard InChI is InChI=1S/C32H29N5O3/c1-21(33-32(40)34-26-19-11-9-17-24(26)22-13-5-3-6-14-22)30(38)36-29-31(39)37(2)27-20-12-10-18-25(27)28(35-29)23-15-7-4-8-16-23/h3-21,29H,1-2H3,(H,36,38)(H2,33,34,40)/t21-,29+/m0/s1. The molecular weight excluding hydrogens is 502 g/mol. The van der Waals surface area contributed by atoms with Gasteiger partial charge in [-0.05, 0) is 24.6 Å². The van der Waals surface area contributed by atoms with Gasteiger partial charge in [0.15, 0.2) is 0 Å². The van der Waals surface area contributed by atoms with Crippen molar-refractivity contribution < 1.29 is 14.4 Å². The number of aliphatic imine (C=N–C) groups is 1. The number of likely N-dealkylation sites (N-methyl/N-ethyl adjacent to an activating group) is 1. The van der Waals surface area contributed by atoms with Crippen LogP contribution in [0.1, 0.15) is 18.1 Å². The van der Waals surface area contributed by atoms with Crippen LogP contribution in [0.4, 0.5) is 16.2 Å². The van der Waals surface area contributed by atoms with Crippen LogP contribution in [0, 0.1) is 0 Å². The Kier molecular flexibility index (Phi) is 7.68. The summed E-state index contributed by atoms with van der Waals surface area (Å²) >= 11 is 0. The average molecular weight is 532 g/mol. The van der Waals surface area contributed by atoms with Gasteiger partial charge < -0.3 is 20.9 Å². The molecule has 8 nitrogen and oxygen atoms in total. The van der Waals surface area contributed by atoms with E-state index in [4.69, 9.17) is 4.99 Å². The first-order chi connectivity index (χ1) is 19.4. The lowest BCUT2D eigenvalue weighted by Gasteiger charge is -2.22. The highest BCUT2D eigenvalue weighted by molar-refractivity contribution is 6.20. The maximum atomic E-state index is 13.4. The van der Waals surface area contributed by atoms with E-state index >= 15 is 0 Å². The fraction of sp³-hybridized carbons (Fsp3) is 0.125. The van der Waals surface area contributed by atoms with Crippen LogP contribution in [0.5, 0.6) is 0 Å². The van der Waals surface area contributed by atoms with Crippen LogP contribution >= 0.6 is 0 Å². The molecule has 4 aromatic rings. The smallest absolute Gasteiger partial charge is 0.319 e. The number of hydrogen-bond acceptors (Lipinski definition) is 4. The molecule has 0 unspecified atom stereocenters. The Balaban J connectivity index is 1.32. The van der Waals surface area contributed by atoms with Gasteiger partial charge in [-0.15, -0.1) is 0 Å². The van der Waals surface area contributed by atoms with Gasteiger partial charge in [-0.3, -0.25) is 9.59 Å². The van der Waals surface area contributed by atoms with Gasteiger partial charge in [0, 0.05) is 23.7 Å². The van der Waals surface area contributed by atoms with Crippen LogP contribution in [0.3, 0.4) is 0 Å². The van der Waals surface area contributed by atoms with Gasteiger partial charge in [0.1, 0.15) is 6.04 Å². The summed E-state index contributed by atoms with van der Waals surface area (Å²) in [5.74, 6) is -0.930. The molecule has 1 aliphatic rings. The quantitative estimate of drug-likeness (QED) is 0.332. The molecule has 200 valence electrons. The SMILES string of the molecule is C[C@H](NC(=O)Nc1ccccc1-c1ccccc1)C(=O)N[C@H]1N=C(c2ccccc2)c2ccccc2N(C)C1=O. The Morgan fingerprint density at radius 2 is 1.35 bits per heavy atom. The molecule has 0 fully saturated rings. The van der Waals surface area contributed by atoms with E-state index in [-0.39, 0.29) is 5.91 Å². The predicted octanol–water partition coefficient (Wildman–Crippen LogP) is 4.82. The highest BCUT2D eigenvalue weighted by Gasteiger charge is 2.32. The third kappa shape index (κ3) is 5.61. The van der Waals surface area contributed by atoms with E-state index in [1.54, 1.807) is 20.0 Å². The molecule has 0 saturated carbocycles. The summed E-state index contributed by atoms with van der Waals surface area (Å²) in [7, 11) is 1.66. The Labute approximate surface area is 232 Å². The monoisotopic (exact) mass is 531 g/mol. The first-order valence-electron chi connectivity index (χ1n) is 12.9. The minimum absolute atomic E-state index is 0.389. The van der Waals surface area contributed by atoms with Crippen LogP contribution in [-0.2, 0) is 9.59 Å². The Morgan fingerprint density at radius 1 is 0.775 bits per heavy atom. The molecular formula is C32H29N5O3. The summed E-state index contributed by atoms with van der Waals surface area (Å²) < 4.78 is 0. The second-order valence-electron chi connectivity index (χ2n) is 9.40. The van der Waals surface area contributed by atoms with Gasteiger partial charge in [-0.1, -0.05) is 97.1 Å². The maximum absolute atomic E-state index is 13.4. The van der Waals surface area contributed by atoms with Crippen LogP contribution in [0.25, 0.3) is 11.1 Å². The molecule has 8 heteroatoms. The van der Waals surface area contributed by atoms with Gasteiger partial charge in [-0.25, -0.2) is 9.79 Å². The van der Waals surface area contributed by atoms with Gasteiger partial charge in [0.2, 0.25) is 12.1 Å². The summed E-state index contributed by atoms with van der Waals surface area (Å²) in [6.07, 6.45) is -1.17. The Hall–Kier alpha value is -5.24. The molecule has 0 spiro atoms. The number of carbonyl (C=O) groups excluding carboxylic acids is 3. The fourth-order valence-electron chi connectivity index (χ4n) is 4.58. The minimum atomic E-state index is -1.17. The highest BCUT2D eigenvalue weighted by Crippen LogP contribution is 2.28. The maximum Gasteiger partial charge on any atom is 0.319 e. The third-order valence-electron chi connectivity index (χ3n) is 6.67. The zero-order valence-corrected chi connectivity index (χ0v) is 22.2. The summed E-state index contributed by atoms with van der Waals surface area (Å²) in [5.41, 5.74) is 5.29. The van der Waals surface area contributed by atoms with Gasteiger partial charge in [0.25, 0.3) is 5.91 Å². The van der Waals surface area contributed by atoms with Crippen molar-refractivity contribution in [3.8, 4) is 11.1 Å². The second kappa shape index (κ2) is 11.7. The number of carbonyl (C=O) groups is 3. The van der Waals surface area contributed by atoms with Crippen molar-refractivity contribution in [1.82, 2.24) is 10.6 Å². The number of para-hydroxylation sites is 2. The molecule has 3 N–H and O–H groups in total. The third-order valence-corrected chi connectivity index (χ3v) is 6.67. The number of nitrogens with one attached hydrogen (secondary N) is 3. The molecule has 40 heavy (non-hydrogen) atoms. The Morgan fingerprint density at radius 3 is 2.05 bits per heavy atom. The molecule has 5 rings (SSSR count). The molecule has 0 bridgehead atoms. The van der Waals surface area contributed by atoms with Crippen LogP contribution in [-0.4, -0.2) is 42.8 Å². The molecule has 0 aliphatic carbocycles. The predicted molar refractivity (Wildman–Crippen MR) is 157 cm³/mol. The zero-order chi connectivity index (χ0) is 28.1. The van der Waals surface area contributed by atoms with Crippen molar-refractivity contribution in [1.29, 1.82) is 0 Å². The van der Waals surface area contributed by atoms with Crippen molar-refractivity contribution in [2.24, 2.45) is 4.99 Å². The van der Waals surface area contributed by atoms with Gasteiger partial charge >= 0.3 is 6.03 Å². The van der Waals surface area contributed by atoms with E-state index in [1.165, 1.54) is 4.90 Å². The van der Waals surface area contributed by atoms with Crippen molar-refractivity contribution in [2.75, 3.05) is 17.3 Å². The van der Waals surface area contributed by atoms with E-state index in [9.17, 15) is 14.4 Å². The largest absolute Gasteiger partial charge is 0.326 e. The minimum Gasteiger partial charge on any atom is -0.326 e. The highest BCUT2D eigenvalue weighted by atomic mass is 16.2. The topological polar surface area (TPSA) is 103 Å². The molecule has 0 saturated heterocycles. The second-order valence-corrected chi connectivity index (χ2v) is 9.40. The van der Waals surface area contributed by atoms with Crippen molar-refractivity contribution in [3.05, 3.63) is 120 Å². The number of nitrogens with zero attached hydrogens (tertiary/aromatic N) is 2. The number of fused-ring (bicyclic) bond motifs is 1. The number of benzodiazepines with no additional fused rings is 1. The summed E-state index contributed by atoms with van der Waals surface area (Å²) in [4.78, 5) is 45.6.